The van der Waals surface area contributed by atoms with Crippen molar-refractivity contribution in [3.05, 3.63) is 35.1 Å². The molecule has 0 saturated carbocycles. The molecule has 3 heteroatoms. The van der Waals surface area contributed by atoms with E-state index in [1.165, 1.54) is 0 Å². The van der Waals surface area contributed by atoms with Crippen LogP contribution in [0.3, 0.4) is 0 Å². The number of aryl methyl sites for hydroxylation is 1. The van der Waals surface area contributed by atoms with Gasteiger partial charge in [-0.1, -0.05) is 18.2 Å². The number of nitrogens with two attached hydrogens (primary N) is 1. The molecule has 1 aromatic carbocycles. The standard InChI is InChI=1S/C11H16FNO/c1-8-4-3-5-9(10(8)12)6-11(2,13)7-14/h3-5,14H,6-7,13H2,1-2H3. The van der Waals surface area contributed by atoms with Crippen molar-refractivity contribution in [2.45, 2.75) is 25.8 Å². The smallest absolute Gasteiger partial charge is 0.129 e. The van der Waals surface area contributed by atoms with Crippen molar-refractivity contribution in [3.8, 4) is 0 Å². The lowest BCUT2D eigenvalue weighted by Gasteiger charge is -2.22. The topological polar surface area (TPSA) is 46.2 Å². The van der Waals surface area contributed by atoms with Crippen LogP contribution in [0.1, 0.15) is 18.1 Å². The molecule has 0 fully saturated rings. The van der Waals surface area contributed by atoms with E-state index in [0.29, 0.717) is 17.5 Å². The van der Waals surface area contributed by atoms with Gasteiger partial charge in [-0.2, -0.15) is 0 Å². The van der Waals surface area contributed by atoms with Gasteiger partial charge in [0.15, 0.2) is 0 Å². The number of hydrogen-bond acceptors (Lipinski definition) is 2. The summed E-state index contributed by atoms with van der Waals surface area (Å²) in [6.07, 6.45) is 0.344. The van der Waals surface area contributed by atoms with Crippen molar-refractivity contribution in [2.75, 3.05) is 6.61 Å². The average molecular weight is 197 g/mol. The van der Waals surface area contributed by atoms with Crippen LogP contribution in [0.5, 0.6) is 0 Å². The van der Waals surface area contributed by atoms with E-state index >= 15 is 0 Å². The van der Waals surface area contributed by atoms with Gasteiger partial charge in [-0.15, -0.1) is 0 Å². The van der Waals surface area contributed by atoms with Gasteiger partial charge in [0.25, 0.3) is 0 Å². The van der Waals surface area contributed by atoms with Gasteiger partial charge in [0.05, 0.1) is 6.61 Å². The molecule has 0 bridgehead atoms. The zero-order valence-corrected chi connectivity index (χ0v) is 8.55. The fourth-order valence-electron chi connectivity index (χ4n) is 1.34. The Hall–Kier alpha value is -0.930. The van der Waals surface area contributed by atoms with Crippen LogP contribution in [0.15, 0.2) is 18.2 Å². The maximum absolute atomic E-state index is 13.5. The summed E-state index contributed by atoms with van der Waals surface area (Å²) in [5.41, 5.74) is 6.16. The largest absolute Gasteiger partial charge is 0.394 e. The summed E-state index contributed by atoms with van der Waals surface area (Å²) in [5, 5.41) is 8.97. The van der Waals surface area contributed by atoms with Crippen molar-refractivity contribution in [1.82, 2.24) is 0 Å². The minimum Gasteiger partial charge on any atom is -0.394 e. The molecule has 0 aliphatic heterocycles. The minimum atomic E-state index is -0.755. The van der Waals surface area contributed by atoms with Gasteiger partial charge in [-0.25, -0.2) is 4.39 Å². The molecule has 0 aromatic heterocycles. The maximum Gasteiger partial charge on any atom is 0.129 e. The van der Waals surface area contributed by atoms with Gasteiger partial charge < -0.3 is 10.8 Å². The summed E-state index contributed by atoms with van der Waals surface area (Å²) in [7, 11) is 0. The van der Waals surface area contributed by atoms with Crippen LogP contribution in [0.4, 0.5) is 4.39 Å². The van der Waals surface area contributed by atoms with E-state index in [2.05, 4.69) is 0 Å². The van der Waals surface area contributed by atoms with Crippen LogP contribution in [0.2, 0.25) is 0 Å². The van der Waals surface area contributed by atoms with Crippen LogP contribution in [-0.4, -0.2) is 17.3 Å². The quantitative estimate of drug-likeness (QED) is 0.769. The highest BCUT2D eigenvalue weighted by molar-refractivity contribution is 5.26. The molecule has 2 nitrogen and oxygen atoms in total. The Kier molecular flexibility index (Phi) is 3.24. The number of rotatable bonds is 3. The maximum atomic E-state index is 13.5. The van der Waals surface area contributed by atoms with E-state index in [4.69, 9.17) is 10.8 Å². The summed E-state index contributed by atoms with van der Waals surface area (Å²) < 4.78 is 13.5. The average Bonchev–Trinajstić information content (AvgIpc) is 2.13. The normalized spacial score (nSPS) is 15.2. The lowest BCUT2D eigenvalue weighted by atomic mass is 9.94. The van der Waals surface area contributed by atoms with Crippen molar-refractivity contribution < 1.29 is 9.50 Å². The predicted octanol–water partition coefficient (Wildman–Crippen LogP) is 1.39. The molecule has 0 spiro atoms. The third kappa shape index (κ3) is 2.53. The van der Waals surface area contributed by atoms with Gasteiger partial charge in [-0.05, 0) is 31.4 Å². The van der Waals surface area contributed by atoms with Crippen molar-refractivity contribution >= 4 is 0 Å². The van der Waals surface area contributed by atoms with E-state index in [1.54, 1.807) is 32.0 Å². The monoisotopic (exact) mass is 197 g/mol. The summed E-state index contributed by atoms with van der Waals surface area (Å²) in [6.45, 7) is 3.26. The van der Waals surface area contributed by atoms with E-state index < -0.39 is 5.54 Å². The molecule has 14 heavy (non-hydrogen) atoms. The molecule has 1 aromatic rings. The van der Waals surface area contributed by atoms with E-state index in [9.17, 15) is 4.39 Å². The molecule has 1 atom stereocenters. The molecule has 0 aliphatic carbocycles. The van der Waals surface area contributed by atoms with Crippen LogP contribution >= 0.6 is 0 Å². The molecule has 0 radical (unpaired) electrons. The Bertz CT molecular complexity index is 323. The first kappa shape index (κ1) is 11.1. The van der Waals surface area contributed by atoms with Gasteiger partial charge >= 0.3 is 0 Å². The zero-order valence-electron chi connectivity index (χ0n) is 8.55. The molecular formula is C11H16FNO. The first-order valence-electron chi connectivity index (χ1n) is 4.60. The second-order valence-electron chi connectivity index (χ2n) is 4.04. The van der Waals surface area contributed by atoms with E-state index in [1.807, 2.05) is 0 Å². The Balaban J connectivity index is 2.92. The fraction of sp³-hybridized carbons (Fsp3) is 0.455. The highest BCUT2D eigenvalue weighted by atomic mass is 19.1. The Morgan fingerprint density at radius 2 is 2.14 bits per heavy atom. The summed E-state index contributed by atoms with van der Waals surface area (Å²) >= 11 is 0. The third-order valence-electron chi connectivity index (χ3n) is 2.23. The van der Waals surface area contributed by atoms with Crippen molar-refractivity contribution in [1.29, 1.82) is 0 Å². The van der Waals surface area contributed by atoms with Gasteiger partial charge in [0.1, 0.15) is 5.82 Å². The first-order chi connectivity index (χ1) is 6.46. The van der Waals surface area contributed by atoms with E-state index in [0.717, 1.165) is 0 Å². The number of hydrogen-bond donors (Lipinski definition) is 2. The van der Waals surface area contributed by atoms with Crippen LogP contribution < -0.4 is 5.73 Å². The van der Waals surface area contributed by atoms with Crippen molar-refractivity contribution in [2.24, 2.45) is 5.73 Å². The molecule has 78 valence electrons. The molecule has 3 N–H and O–H groups in total. The van der Waals surface area contributed by atoms with Gasteiger partial charge in [0.2, 0.25) is 0 Å². The number of halogens is 1. The van der Waals surface area contributed by atoms with Crippen LogP contribution in [0, 0.1) is 12.7 Å². The SMILES string of the molecule is Cc1cccc(CC(C)(N)CO)c1F. The number of aliphatic hydroxyl groups excluding tert-OH is 1. The van der Waals surface area contributed by atoms with Gasteiger partial charge in [-0.3, -0.25) is 0 Å². The third-order valence-corrected chi connectivity index (χ3v) is 2.23. The molecule has 0 saturated heterocycles. The molecule has 0 amide bonds. The number of benzene rings is 1. The van der Waals surface area contributed by atoms with E-state index in [-0.39, 0.29) is 12.4 Å². The van der Waals surface area contributed by atoms with Crippen LogP contribution in [-0.2, 0) is 6.42 Å². The second kappa shape index (κ2) is 4.07. The summed E-state index contributed by atoms with van der Waals surface area (Å²) in [5.74, 6) is -0.224. The highest BCUT2D eigenvalue weighted by Crippen LogP contribution is 2.16. The lowest BCUT2D eigenvalue weighted by molar-refractivity contribution is 0.207. The zero-order chi connectivity index (χ0) is 10.8. The van der Waals surface area contributed by atoms with Crippen molar-refractivity contribution in [3.63, 3.8) is 0 Å². The molecule has 0 aliphatic rings. The highest BCUT2D eigenvalue weighted by Gasteiger charge is 2.19. The first-order valence-corrected chi connectivity index (χ1v) is 4.60. The van der Waals surface area contributed by atoms with Crippen LogP contribution in [0.25, 0.3) is 0 Å². The lowest BCUT2D eigenvalue weighted by Crippen LogP contribution is -2.42. The number of aliphatic hydroxyl groups is 1. The Morgan fingerprint density at radius 1 is 1.50 bits per heavy atom. The molecule has 1 rings (SSSR count). The summed E-state index contributed by atoms with van der Waals surface area (Å²) in [6, 6.07) is 5.20. The molecule has 1 unspecified atom stereocenters. The predicted molar refractivity (Wildman–Crippen MR) is 54.5 cm³/mol. The fourth-order valence-corrected chi connectivity index (χ4v) is 1.34. The second-order valence-corrected chi connectivity index (χ2v) is 4.04. The molecule has 0 heterocycles. The summed E-state index contributed by atoms with van der Waals surface area (Å²) in [4.78, 5) is 0. The minimum absolute atomic E-state index is 0.152. The molecular weight excluding hydrogens is 181 g/mol. The Morgan fingerprint density at radius 3 is 2.71 bits per heavy atom. The van der Waals surface area contributed by atoms with Gasteiger partial charge in [0, 0.05) is 5.54 Å². The Labute approximate surface area is 83.6 Å².